The maximum absolute atomic E-state index is 12.2. The van der Waals surface area contributed by atoms with Crippen molar-refractivity contribution in [3.05, 3.63) is 28.7 Å². The van der Waals surface area contributed by atoms with E-state index in [2.05, 4.69) is 15.6 Å². The molecule has 1 amide bonds. The van der Waals surface area contributed by atoms with E-state index in [1.165, 1.54) is 6.92 Å². The number of nitrogens with zero attached hydrogens (tertiary/aromatic N) is 1. The summed E-state index contributed by atoms with van der Waals surface area (Å²) in [6.07, 6.45) is 1.92. The van der Waals surface area contributed by atoms with Gasteiger partial charge in [-0.05, 0) is 44.1 Å². The van der Waals surface area contributed by atoms with Gasteiger partial charge in [0.25, 0.3) is 0 Å². The first kappa shape index (κ1) is 12.9. The highest BCUT2D eigenvalue weighted by atomic mass is 16.1. The number of nitrogens with one attached hydrogen (secondary N) is 3. The van der Waals surface area contributed by atoms with Gasteiger partial charge >= 0.3 is 5.69 Å². The fourth-order valence-corrected chi connectivity index (χ4v) is 2.84. The van der Waals surface area contributed by atoms with E-state index in [0.29, 0.717) is 5.69 Å². The molecule has 0 aliphatic carbocycles. The number of benzene rings is 1. The minimum atomic E-state index is -0.121. The third kappa shape index (κ3) is 2.34. The molecule has 2 aromatic rings. The van der Waals surface area contributed by atoms with Crippen LogP contribution in [0.1, 0.15) is 25.8 Å². The smallest absolute Gasteiger partial charge is 0.326 e. The van der Waals surface area contributed by atoms with E-state index in [1.54, 1.807) is 6.07 Å². The van der Waals surface area contributed by atoms with Crippen LogP contribution in [0.5, 0.6) is 0 Å². The van der Waals surface area contributed by atoms with Gasteiger partial charge in [0, 0.05) is 18.7 Å². The summed E-state index contributed by atoms with van der Waals surface area (Å²) in [5.74, 6) is -0.121. The first-order valence-corrected chi connectivity index (χ1v) is 6.88. The molecule has 2 heterocycles. The number of imidazole rings is 1. The Kier molecular flexibility index (Phi) is 3.31. The summed E-state index contributed by atoms with van der Waals surface area (Å²) in [7, 11) is 0. The second-order valence-electron chi connectivity index (χ2n) is 5.19. The van der Waals surface area contributed by atoms with Gasteiger partial charge < -0.3 is 15.6 Å². The minimum absolute atomic E-state index is 0.0770. The summed E-state index contributed by atoms with van der Waals surface area (Å²) < 4.78 is 1.84. The molecule has 0 unspecified atom stereocenters. The van der Waals surface area contributed by atoms with Crippen LogP contribution in [0.25, 0.3) is 11.0 Å². The summed E-state index contributed by atoms with van der Waals surface area (Å²) >= 11 is 0. The number of rotatable bonds is 2. The number of H-pyrrole nitrogens is 1. The van der Waals surface area contributed by atoms with Crippen molar-refractivity contribution in [3.8, 4) is 0 Å². The first-order chi connectivity index (χ1) is 9.65. The molecule has 1 saturated heterocycles. The second kappa shape index (κ2) is 5.13. The predicted molar refractivity (Wildman–Crippen MR) is 78.0 cm³/mol. The van der Waals surface area contributed by atoms with E-state index in [4.69, 9.17) is 0 Å². The largest absolute Gasteiger partial charge is 0.326 e. The van der Waals surface area contributed by atoms with Gasteiger partial charge in [-0.25, -0.2) is 4.79 Å². The molecule has 0 saturated carbocycles. The lowest BCUT2D eigenvalue weighted by molar-refractivity contribution is -0.114. The average Bonchev–Trinajstić information content (AvgIpc) is 2.74. The van der Waals surface area contributed by atoms with Crippen LogP contribution in [-0.4, -0.2) is 28.5 Å². The molecule has 6 nitrogen and oxygen atoms in total. The topological polar surface area (TPSA) is 78.9 Å². The molecule has 1 aromatic carbocycles. The summed E-state index contributed by atoms with van der Waals surface area (Å²) in [6.45, 7) is 3.34. The normalized spacial score (nSPS) is 16.4. The van der Waals surface area contributed by atoms with Crippen LogP contribution in [0, 0.1) is 0 Å². The summed E-state index contributed by atoms with van der Waals surface area (Å²) in [6, 6.07) is 5.76. The minimum Gasteiger partial charge on any atom is -0.326 e. The van der Waals surface area contributed by atoms with Gasteiger partial charge in [-0.2, -0.15) is 0 Å². The van der Waals surface area contributed by atoms with Gasteiger partial charge in [0.15, 0.2) is 0 Å². The molecule has 6 heteroatoms. The quantitative estimate of drug-likeness (QED) is 0.770. The highest BCUT2D eigenvalue weighted by molar-refractivity contribution is 5.91. The molecule has 3 rings (SSSR count). The van der Waals surface area contributed by atoms with Crippen molar-refractivity contribution in [1.29, 1.82) is 0 Å². The molecule has 3 N–H and O–H groups in total. The standard InChI is InChI=1S/C14H18N4O2/c1-9(19)16-10-2-3-13-12(8-10)17-14(20)18(13)11-4-6-15-7-5-11/h2-3,8,11,15H,4-7H2,1H3,(H,16,19)(H,17,20). The van der Waals surface area contributed by atoms with E-state index >= 15 is 0 Å². The zero-order valence-electron chi connectivity index (χ0n) is 11.4. The van der Waals surface area contributed by atoms with Crippen LogP contribution in [0.2, 0.25) is 0 Å². The molecule has 0 radical (unpaired) electrons. The zero-order chi connectivity index (χ0) is 14.1. The van der Waals surface area contributed by atoms with Crippen LogP contribution in [0.15, 0.2) is 23.0 Å². The van der Waals surface area contributed by atoms with Crippen LogP contribution in [-0.2, 0) is 4.79 Å². The Balaban J connectivity index is 2.02. The molecule has 0 bridgehead atoms. The summed E-state index contributed by atoms with van der Waals surface area (Å²) in [5.41, 5.74) is 2.28. The van der Waals surface area contributed by atoms with Gasteiger partial charge in [-0.3, -0.25) is 9.36 Å². The lowest BCUT2D eigenvalue weighted by Gasteiger charge is -2.23. The maximum Gasteiger partial charge on any atom is 0.326 e. The number of aromatic nitrogens is 2. The number of anilines is 1. The fourth-order valence-electron chi connectivity index (χ4n) is 2.84. The Morgan fingerprint density at radius 2 is 2.10 bits per heavy atom. The highest BCUT2D eigenvalue weighted by Crippen LogP contribution is 2.23. The summed E-state index contributed by atoms with van der Waals surface area (Å²) in [4.78, 5) is 26.1. The number of piperidine rings is 1. The van der Waals surface area contributed by atoms with Crippen LogP contribution in [0.4, 0.5) is 5.69 Å². The maximum atomic E-state index is 12.2. The number of fused-ring (bicyclic) bond motifs is 1. The van der Waals surface area contributed by atoms with Gasteiger partial charge in [-0.15, -0.1) is 0 Å². The first-order valence-electron chi connectivity index (χ1n) is 6.88. The van der Waals surface area contributed by atoms with Crippen molar-refractivity contribution >= 4 is 22.6 Å². The van der Waals surface area contributed by atoms with E-state index in [1.807, 2.05) is 16.7 Å². The number of hydrogen-bond donors (Lipinski definition) is 3. The average molecular weight is 274 g/mol. The van der Waals surface area contributed by atoms with E-state index < -0.39 is 0 Å². The molecule has 1 fully saturated rings. The van der Waals surface area contributed by atoms with Gasteiger partial charge in [0.05, 0.1) is 11.0 Å². The third-order valence-corrected chi connectivity index (χ3v) is 3.71. The van der Waals surface area contributed by atoms with Gasteiger partial charge in [0.1, 0.15) is 0 Å². The lowest BCUT2D eigenvalue weighted by Crippen LogP contribution is -2.33. The Morgan fingerprint density at radius 1 is 1.35 bits per heavy atom. The van der Waals surface area contributed by atoms with Crippen LogP contribution < -0.4 is 16.3 Å². The van der Waals surface area contributed by atoms with Crippen LogP contribution in [0.3, 0.4) is 0 Å². The van der Waals surface area contributed by atoms with Gasteiger partial charge in [0.2, 0.25) is 5.91 Å². The second-order valence-corrected chi connectivity index (χ2v) is 5.19. The Hall–Kier alpha value is -2.08. The highest BCUT2D eigenvalue weighted by Gasteiger charge is 2.19. The molecule has 106 valence electrons. The van der Waals surface area contributed by atoms with Crippen LogP contribution >= 0.6 is 0 Å². The van der Waals surface area contributed by atoms with Crippen molar-refractivity contribution in [2.24, 2.45) is 0 Å². The molecule has 0 atom stereocenters. The molecule has 1 aliphatic rings. The number of carbonyl (C=O) groups excluding carboxylic acids is 1. The van der Waals surface area contributed by atoms with Crippen molar-refractivity contribution in [1.82, 2.24) is 14.9 Å². The van der Waals surface area contributed by atoms with E-state index in [9.17, 15) is 9.59 Å². The predicted octanol–water partition coefficient (Wildman–Crippen LogP) is 1.21. The Bertz CT molecular complexity index is 695. The van der Waals surface area contributed by atoms with Crippen molar-refractivity contribution in [2.45, 2.75) is 25.8 Å². The monoisotopic (exact) mass is 274 g/mol. The molecule has 20 heavy (non-hydrogen) atoms. The van der Waals surface area contributed by atoms with Gasteiger partial charge in [-0.1, -0.05) is 0 Å². The number of amides is 1. The van der Waals surface area contributed by atoms with Crippen molar-refractivity contribution < 1.29 is 4.79 Å². The number of aromatic amines is 1. The molecule has 1 aliphatic heterocycles. The van der Waals surface area contributed by atoms with E-state index in [-0.39, 0.29) is 17.6 Å². The molecular formula is C14H18N4O2. The lowest BCUT2D eigenvalue weighted by atomic mass is 10.1. The Morgan fingerprint density at radius 3 is 2.80 bits per heavy atom. The summed E-state index contributed by atoms with van der Waals surface area (Å²) in [5, 5.41) is 6.03. The molecule has 1 aromatic heterocycles. The zero-order valence-corrected chi connectivity index (χ0v) is 11.4. The van der Waals surface area contributed by atoms with E-state index in [0.717, 1.165) is 37.0 Å². The number of carbonyl (C=O) groups is 1. The Labute approximate surface area is 116 Å². The SMILES string of the molecule is CC(=O)Nc1ccc2c(c1)[nH]c(=O)n2C1CCNCC1. The fraction of sp³-hybridized carbons (Fsp3) is 0.429. The molecule has 0 spiro atoms. The molecular weight excluding hydrogens is 256 g/mol. The third-order valence-electron chi connectivity index (χ3n) is 3.71. The van der Waals surface area contributed by atoms with Crippen molar-refractivity contribution in [3.63, 3.8) is 0 Å². The van der Waals surface area contributed by atoms with Crippen molar-refractivity contribution in [2.75, 3.05) is 18.4 Å². The number of hydrogen-bond acceptors (Lipinski definition) is 3.